The van der Waals surface area contributed by atoms with E-state index in [1.807, 2.05) is 0 Å². The van der Waals surface area contributed by atoms with Crippen molar-refractivity contribution in [3.8, 4) is 0 Å². The molecule has 0 heterocycles. The molecule has 1 aromatic carbocycles. The molecule has 5 heteroatoms. The van der Waals surface area contributed by atoms with E-state index in [0.717, 1.165) is 0 Å². The second-order valence-corrected chi connectivity index (χ2v) is 2.22. The molecule has 0 aliphatic carbocycles. The van der Waals surface area contributed by atoms with Crippen molar-refractivity contribution in [2.45, 2.75) is 0 Å². The van der Waals surface area contributed by atoms with Crippen LogP contribution in [-0.2, 0) is 4.79 Å². The van der Waals surface area contributed by atoms with E-state index in [1.54, 1.807) is 18.2 Å². The molecule has 0 saturated carbocycles. The number of hydrogen-bond acceptors (Lipinski definition) is 3. The maximum Gasteiger partial charge on any atom is 0.490 e. The second kappa shape index (κ2) is 3.89. The zero-order valence-electron chi connectivity index (χ0n) is 6.27. The predicted molar refractivity (Wildman–Crippen MR) is 46.0 cm³/mol. The molecule has 0 radical (unpaired) electrons. The largest absolute Gasteiger partial charge is 0.490 e. The normalized spacial score (nSPS) is 9.17. The van der Waals surface area contributed by atoms with Crippen molar-refractivity contribution in [3.05, 3.63) is 24.3 Å². The van der Waals surface area contributed by atoms with E-state index in [1.165, 1.54) is 6.07 Å². The van der Waals surface area contributed by atoms with Gasteiger partial charge in [0.2, 0.25) is 6.41 Å². The number of rotatable bonds is 3. The fraction of sp³-hybridized carbons (Fsp3) is 0. The van der Waals surface area contributed by atoms with Gasteiger partial charge in [-0.05, 0) is 6.07 Å². The molecule has 1 rings (SSSR count). The van der Waals surface area contributed by atoms with Crippen LogP contribution >= 0.6 is 0 Å². The number of hydrogen-bond donors (Lipinski definition) is 3. The average molecular weight is 165 g/mol. The van der Waals surface area contributed by atoms with E-state index in [4.69, 9.17) is 10.0 Å². The first-order chi connectivity index (χ1) is 5.75. The highest BCUT2D eigenvalue weighted by Crippen LogP contribution is 2.01. The molecular formula is C7H8BNO3. The Labute approximate surface area is 70.0 Å². The van der Waals surface area contributed by atoms with E-state index in [9.17, 15) is 4.79 Å². The first-order valence-electron chi connectivity index (χ1n) is 3.41. The van der Waals surface area contributed by atoms with Gasteiger partial charge in [-0.1, -0.05) is 18.2 Å². The second-order valence-electron chi connectivity index (χ2n) is 2.22. The zero-order chi connectivity index (χ0) is 8.97. The number of anilines is 1. The number of benzene rings is 1. The molecule has 0 saturated heterocycles. The summed E-state index contributed by atoms with van der Waals surface area (Å²) in [5, 5.41) is 20.0. The molecule has 1 aromatic rings. The minimum Gasteiger partial charge on any atom is -0.423 e. The summed E-state index contributed by atoms with van der Waals surface area (Å²) in [4.78, 5) is 10.1. The lowest BCUT2D eigenvalue weighted by Gasteiger charge is -2.05. The van der Waals surface area contributed by atoms with Crippen molar-refractivity contribution in [2.75, 3.05) is 5.32 Å². The SMILES string of the molecule is O=CNc1ccccc1B(O)O. The molecule has 0 unspecified atom stereocenters. The van der Waals surface area contributed by atoms with E-state index < -0.39 is 7.12 Å². The zero-order valence-corrected chi connectivity index (χ0v) is 6.27. The summed E-state index contributed by atoms with van der Waals surface area (Å²) >= 11 is 0. The van der Waals surface area contributed by atoms with Gasteiger partial charge in [-0.3, -0.25) is 4.79 Å². The summed E-state index contributed by atoms with van der Waals surface area (Å²) in [6.45, 7) is 0. The molecule has 0 atom stereocenters. The topological polar surface area (TPSA) is 69.6 Å². The van der Waals surface area contributed by atoms with E-state index >= 15 is 0 Å². The molecule has 62 valence electrons. The molecule has 12 heavy (non-hydrogen) atoms. The van der Waals surface area contributed by atoms with Crippen LogP contribution in [0.2, 0.25) is 0 Å². The van der Waals surface area contributed by atoms with Gasteiger partial charge in [-0.15, -0.1) is 0 Å². The Balaban J connectivity index is 2.99. The Hall–Kier alpha value is -1.33. The smallest absolute Gasteiger partial charge is 0.423 e. The van der Waals surface area contributed by atoms with Crippen LogP contribution < -0.4 is 10.8 Å². The van der Waals surface area contributed by atoms with Gasteiger partial charge < -0.3 is 15.4 Å². The monoisotopic (exact) mass is 165 g/mol. The standard InChI is InChI=1S/C7H8BNO3/c10-5-9-7-4-2-1-3-6(7)8(11)12/h1-5,11-12H,(H,9,10). The van der Waals surface area contributed by atoms with Crippen LogP contribution in [0, 0.1) is 0 Å². The van der Waals surface area contributed by atoms with Gasteiger partial charge in [-0.2, -0.15) is 0 Å². The molecule has 0 aliphatic heterocycles. The molecular weight excluding hydrogens is 157 g/mol. The molecule has 0 bridgehead atoms. The van der Waals surface area contributed by atoms with Crippen molar-refractivity contribution in [3.63, 3.8) is 0 Å². The Morgan fingerprint density at radius 1 is 1.33 bits per heavy atom. The summed E-state index contributed by atoms with van der Waals surface area (Å²) in [6, 6.07) is 6.46. The Kier molecular flexibility index (Phi) is 2.84. The van der Waals surface area contributed by atoms with Crippen LogP contribution in [0.1, 0.15) is 0 Å². The molecule has 0 fully saturated rings. The van der Waals surface area contributed by atoms with Gasteiger partial charge in [0.05, 0.1) is 0 Å². The van der Waals surface area contributed by atoms with Gasteiger partial charge in [0, 0.05) is 11.2 Å². The highest BCUT2D eigenvalue weighted by atomic mass is 16.4. The van der Waals surface area contributed by atoms with Crippen molar-refractivity contribution in [1.29, 1.82) is 0 Å². The number of para-hydroxylation sites is 1. The molecule has 0 spiro atoms. The predicted octanol–water partition coefficient (Wildman–Crippen LogP) is -1.07. The molecule has 3 N–H and O–H groups in total. The minimum absolute atomic E-state index is 0.282. The van der Waals surface area contributed by atoms with Crippen LogP contribution in [0.3, 0.4) is 0 Å². The third-order valence-corrected chi connectivity index (χ3v) is 1.45. The van der Waals surface area contributed by atoms with Crippen LogP contribution in [0.25, 0.3) is 0 Å². The molecule has 4 nitrogen and oxygen atoms in total. The number of carbonyl (C=O) groups excluding carboxylic acids is 1. The first-order valence-corrected chi connectivity index (χ1v) is 3.41. The van der Waals surface area contributed by atoms with Gasteiger partial charge in [0.15, 0.2) is 0 Å². The summed E-state index contributed by atoms with van der Waals surface area (Å²) in [7, 11) is -1.56. The highest BCUT2D eigenvalue weighted by molar-refractivity contribution is 6.60. The summed E-state index contributed by atoms with van der Waals surface area (Å²) in [5.41, 5.74) is 0.687. The van der Waals surface area contributed by atoms with Gasteiger partial charge in [0.1, 0.15) is 0 Å². The number of amides is 1. The number of nitrogens with one attached hydrogen (secondary N) is 1. The summed E-state index contributed by atoms with van der Waals surface area (Å²) < 4.78 is 0. The lowest BCUT2D eigenvalue weighted by atomic mass is 9.79. The first kappa shape index (κ1) is 8.77. The van der Waals surface area contributed by atoms with Gasteiger partial charge in [0.25, 0.3) is 0 Å². The summed E-state index contributed by atoms with van der Waals surface area (Å²) in [6.07, 6.45) is 0.487. The third-order valence-electron chi connectivity index (χ3n) is 1.45. The van der Waals surface area contributed by atoms with E-state index in [0.29, 0.717) is 12.1 Å². The highest BCUT2D eigenvalue weighted by Gasteiger charge is 2.14. The maximum absolute atomic E-state index is 10.1. The third kappa shape index (κ3) is 1.84. The van der Waals surface area contributed by atoms with Crippen LogP contribution in [0.15, 0.2) is 24.3 Å². The fourth-order valence-electron chi connectivity index (χ4n) is 0.917. The van der Waals surface area contributed by atoms with Crippen molar-refractivity contribution in [1.82, 2.24) is 0 Å². The van der Waals surface area contributed by atoms with E-state index in [2.05, 4.69) is 5.32 Å². The Morgan fingerprint density at radius 2 is 2.00 bits per heavy atom. The lowest BCUT2D eigenvalue weighted by molar-refractivity contribution is -0.105. The maximum atomic E-state index is 10.1. The summed E-state index contributed by atoms with van der Waals surface area (Å²) in [5.74, 6) is 0. The van der Waals surface area contributed by atoms with Gasteiger partial charge >= 0.3 is 7.12 Å². The van der Waals surface area contributed by atoms with Gasteiger partial charge in [-0.25, -0.2) is 0 Å². The fourth-order valence-corrected chi connectivity index (χ4v) is 0.917. The van der Waals surface area contributed by atoms with Crippen molar-refractivity contribution >= 4 is 24.7 Å². The average Bonchev–Trinajstić information content (AvgIpc) is 2.05. The van der Waals surface area contributed by atoms with Crippen molar-refractivity contribution in [2.24, 2.45) is 0 Å². The van der Waals surface area contributed by atoms with E-state index in [-0.39, 0.29) is 5.46 Å². The number of carbonyl (C=O) groups is 1. The molecule has 1 amide bonds. The quantitative estimate of drug-likeness (QED) is 0.394. The van der Waals surface area contributed by atoms with Crippen LogP contribution in [-0.4, -0.2) is 23.6 Å². The Morgan fingerprint density at radius 3 is 2.58 bits per heavy atom. The lowest BCUT2D eigenvalue weighted by Crippen LogP contribution is -2.32. The Bertz CT molecular complexity index is 277. The van der Waals surface area contributed by atoms with Crippen molar-refractivity contribution < 1.29 is 14.8 Å². The van der Waals surface area contributed by atoms with Crippen LogP contribution in [0.4, 0.5) is 5.69 Å². The minimum atomic E-state index is -1.56. The molecule has 0 aliphatic rings. The molecule has 0 aromatic heterocycles. The van der Waals surface area contributed by atoms with Crippen LogP contribution in [0.5, 0.6) is 0 Å².